The van der Waals surface area contributed by atoms with E-state index in [1.165, 1.54) is 0 Å². The third-order valence-corrected chi connectivity index (χ3v) is 24.8. The molecule has 0 aromatic rings. The van der Waals surface area contributed by atoms with Gasteiger partial charge < -0.3 is 179 Å². The molecule has 7 aliphatic heterocycles. The van der Waals surface area contributed by atoms with Gasteiger partial charge in [0.15, 0.2) is 37.6 Å². The summed E-state index contributed by atoms with van der Waals surface area (Å²) in [4.78, 5) is 15.6. The van der Waals surface area contributed by atoms with E-state index in [1.54, 1.807) is 6.92 Å². The number of esters is 1. The lowest BCUT2D eigenvalue weighted by Crippen LogP contribution is -2.68. The molecule has 1 spiro atoms. The average Bonchev–Trinajstić information content (AvgIpc) is 1.42. The van der Waals surface area contributed by atoms with Gasteiger partial charge in [0.25, 0.3) is 0 Å². The lowest BCUT2D eigenvalue weighted by molar-refractivity contribution is -0.391. The standard InChI is InChI=1S/C62H100O37S/c1-20-11-61-9-5-28-59(2,29(61)6-10-62(20,19-61)99-56-49(95-53-43(82)38(77)32(71)23(14-65)90-53)46(85)47(25(16-67)92-56)97-57-45(84)40(79)35(74)27(17-68)100-57)7-4-8-60(28,3)58(86)98-55-50(48(34(73)24(15-66)91-55)94-52-42(81)37(76)31(70)22(13-64)89-52)96-54-44(83)39(78)33(72)26(93-54)18-87-51-41(80)36(75)30(69)21(12-63)88-51/h21-57,63-85H,1,4-19H2,2-3H3/t21-,22-,23-,24-,25-,26-,27-,28+,29+,30-,31-,32-,33-,34-,35-,36+,37+,38+,39+,40+,41-,42-,43-,44-,45-,46+,47-,48+,49-,50-,51-,52+,53+,54+,55+,56+,57-,59-,60-,61+,62+/m1/s1. The first-order valence-electron chi connectivity index (χ1n) is 33.9. The summed E-state index contributed by atoms with van der Waals surface area (Å²) in [5.41, 5.74) is -4.83. The number of aliphatic hydroxyl groups excluding tert-OH is 23. The topological polar surface area (TPSA) is 602 Å². The molecule has 0 aromatic heterocycles. The van der Waals surface area contributed by atoms with Crippen molar-refractivity contribution in [3.05, 3.63) is 12.2 Å². The Hall–Kier alpha value is -1.84. The van der Waals surface area contributed by atoms with Gasteiger partial charge in [0.2, 0.25) is 6.29 Å². The zero-order chi connectivity index (χ0) is 72.7. The van der Waals surface area contributed by atoms with E-state index in [2.05, 4.69) is 13.5 Å². The second-order valence-electron chi connectivity index (χ2n) is 29.3. The summed E-state index contributed by atoms with van der Waals surface area (Å²) in [6, 6.07) is 0. The molecule has 576 valence electrons. The Morgan fingerprint density at radius 3 is 1.45 bits per heavy atom. The Kier molecular flexibility index (Phi) is 24.9. The molecule has 100 heavy (non-hydrogen) atoms. The van der Waals surface area contributed by atoms with Gasteiger partial charge >= 0.3 is 5.97 Å². The van der Waals surface area contributed by atoms with Gasteiger partial charge in [-0.2, -0.15) is 0 Å². The Morgan fingerprint density at radius 1 is 0.440 bits per heavy atom. The largest absolute Gasteiger partial charge is 0.432 e. The Morgan fingerprint density at radius 2 is 0.900 bits per heavy atom. The van der Waals surface area contributed by atoms with E-state index >= 15 is 4.79 Å². The molecule has 11 rings (SSSR count). The molecule has 11 fully saturated rings. The first-order valence-corrected chi connectivity index (χ1v) is 34.9. The number of rotatable bonds is 21. The van der Waals surface area contributed by atoms with E-state index in [0.717, 1.165) is 11.8 Å². The van der Waals surface area contributed by atoms with Crippen LogP contribution in [-0.4, -0.2) is 389 Å². The number of fused-ring (bicyclic) bond motifs is 3. The summed E-state index contributed by atoms with van der Waals surface area (Å²) in [5.74, 6) is -1.57. The van der Waals surface area contributed by atoms with Crippen molar-refractivity contribution < 1.29 is 184 Å². The maximum Gasteiger partial charge on any atom is 0.314 e. The van der Waals surface area contributed by atoms with E-state index < -0.39 is 293 Å². The fraction of sp³-hybridized carbons (Fsp3) is 0.952. The predicted molar refractivity (Wildman–Crippen MR) is 323 cm³/mol. The van der Waals surface area contributed by atoms with Gasteiger partial charge in [-0.1, -0.05) is 19.9 Å². The molecule has 7 saturated heterocycles. The van der Waals surface area contributed by atoms with Crippen molar-refractivity contribution in [2.45, 2.75) is 290 Å². The van der Waals surface area contributed by atoms with Crippen molar-refractivity contribution in [1.29, 1.82) is 0 Å². The SMILES string of the molecule is C=C1C[C@]23CC[C@H]4[C@@](C)(CCC[C@@]4(C)C(=O)O[C@@H]4O[C@H](CO)[C@@H](O)[C@H](O[C@@H]5O[C@H](CO)[C@@H](O)[C@H](O)[C@H]5O)[C@H]4O[C@@H]4O[C@H](CO[C@@H]5O[C@H](CO)[C@@H](O)[C@H](O)[C@H]5O)[C@@H](O)[C@H](O)[C@H]4O)[C@@H]2CC[C@]1(O[C@@H]1O[C@H](CO)[C@@H](O[C@@H]2S[C@H](CO)[C@@H](O)[C@H](O)[C@H]2O)[C@H](O)[C@H]1O[C@@H]1O[C@H](CO)[C@@H](O)[C@H](O)[C@H]1O)C3. The minimum Gasteiger partial charge on any atom is -0.432 e. The summed E-state index contributed by atoms with van der Waals surface area (Å²) >= 11 is 0.729. The highest BCUT2D eigenvalue weighted by Gasteiger charge is 2.70. The van der Waals surface area contributed by atoms with Crippen LogP contribution in [0.1, 0.15) is 71.6 Å². The van der Waals surface area contributed by atoms with Crippen LogP contribution in [0.2, 0.25) is 0 Å². The molecule has 4 aliphatic carbocycles. The normalized spacial score (nSPS) is 54.5. The fourth-order valence-corrected chi connectivity index (χ4v) is 19.1. The van der Waals surface area contributed by atoms with Gasteiger partial charge in [-0.05, 0) is 86.5 Å². The predicted octanol–water partition coefficient (Wildman–Crippen LogP) is -10.9. The molecular weight excluding hydrogens is 1370 g/mol. The van der Waals surface area contributed by atoms with Crippen LogP contribution in [0.4, 0.5) is 0 Å². The quantitative estimate of drug-likeness (QED) is 0.0288. The van der Waals surface area contributed by atoms with Crippen LogP contribution < -0.4 is 0 Å². The minimum atomic E-state index is -2.22. The lowest BCUT2D eigenvalue weighted by Gasteiger charge is -2.64. The number of hydrogen-bond acceptors (Lipinski definition) is 38. The summed E-state index contributed by atoms with van der Waals surface area (Å²) in [6.45, 7) is 2.34. The van der Waals surface area contributed by atoms with Gasteiger partial charge in [0.1, 0.15) is 158 Å². The second kappa shape index (κ2) is 31.4. The summed E-state index contributed by atoms with van der Waals surface area (Å²) < 4.78 is 79.1. The molecule has 23 N–H and O–H groups in total. The number of carbonyl (C=O) groups is 1. The van der Waals surface area contributed by atoms with E-state index in [-0.39, 0.29) is 25.2 Å². The minimum absolute atomic E-state index is 0.184. The first kappa shape index (κ1) is 79.2. The van der Waals surface area contributed by atoms with E-state index in [9.17, 15) is 117 Å². The maximum absolute atomic E-state index is 15.6. The van der Waals surface area contributed by atoms with Crippen LogP contribution in [-0.2, 0) is 66.4 Å². The fourth-order valence-electron chi connectivity index (χ4n) is 17.8. The van der Waals surface area contributed by atoms with Crippen molar-refractivity contribution in [3.63, 3.8) is 0 Å². The summed E-state index contributed by atoms with van der Waals surface area (Å²) in [7, 11) is 0. The third kappa shape index (κ3) is 14.3. The van der Waals surface area contributed by atoms with Crippen LogP contribution in [0, 0.1) is 28.1 Å². The molecule has 0 aromatic carbocycles. The molecule has 38 heteroatoms. The number of carbonyl (C=O) groups excluding carboxylic acids is 1. The molecule has 37 nitrogen and oxygen atoms in total. The monoisotopic (exact) mass is 1470 g/mol. The van der Waals surface area contributed by atoms with Gasteiger partial charge in [0.05, 0.1) is 68.6 Å². The van der Waals surface area contributed by atoms with Crippen LogP contribution >= 0.6 is 11.8 Å². The first-order chi connectivity index (χ1) is 47.3. The van der Waals surface area contributed by atoms with Crippen LogP contribution in [0.5, 0.6) is 0 Å². The van der Waals surface area contributed by atoms with E-state index in [4.69, 9.17) is 61.6 Å². The highest BCUT2D eigenvalue weighted by molar-refractivity contribution is 8.00. The summed E-state index contributed by atoms with van der Waals surface area (Å²) in [5, 5.41) is 248. The van der Waals surface area contributed by atoms with Gasteiger partial charge in [-0.15, -0.1) is 11.8 Å². The molecule has 0 unspecified atom stereocenters. The number of thioether (sulfide) groups is 1. The van der Waals surface area contributed by atoms with Crippen molar-refractivity contribution in [1.82, 2.24) is 0 Å². The Balaban J connectivity index is 0.849. The molecule has 11 aliphatic rings. The zero-order valence-electron chi connectivity index (χ0n) is 54.8. The smallest absolute Gasteiger partial charge is 0.314 e. The third-order valence-electron chi connectivity index (χ3n) is 23.4. The highest BCUT2D eigenvalue weighted by atomic mass is 32.2. The lowest BCUT2D eigenvalue weighted by atomic mass is 9.41. The van der Waals surface area contributed by atoms with Gasteiger partial charge in [-0.3, -0.25) is 4.79 Å². The van der Waals surface area contributed by atoms with Crippen molar-refractivity contribution in [3.8, 4) is 0 Å². The molecule has 4 saturated carbocycles. The van der Waals surface area contributed by atoms with Crippen LogP contribution in [0.15, 0.2) is 12.2 Å². The van der Waals surface area contributed by atoms with Crippen molar-refractivity contribution in [2.24, 2.45) is 28.1 Å². The van der Waals surface area contributed by atoms with Crippen molar-refractivity contribution in [2.75, 3.05) is 46.2 Å². The summed E-state index contributed by atoms with van der Waals surface area (Å²) in [6.07, 6.45) is -58.4. The van der Waals surface area contributed by atoms with E-state index in [1.807, 2.05) is 0 Å². The highest BCUT2D eigenvalue weighted by Crippen LogP contribution is 2.74. The number of hydrogen-bond donors (Lipinski definition) is 23. The van der Waals surface area contributed by atoms with Gasteiger partial charge in [0, 0.05) is 0 Å². The van der Waals surface area contributed by atoms with E-state index in [0.29, 0.717) is 44.1 Å². The molecule has 0 amide bonds. The van der Waals surface area contributed by atoms with Gasteiger partial charge in [-0.25, -0.2) is 0 Å². The Bertz CT molecular complexity index is 2730. The Labute approximate surface area is 576 Å². The van der Waals surface area contributed by atoms with Crippen LogP contribution in [0.3, 0.4) is 0 Å². The zero-order valence-corrected chi connectivity index (χ0v) is 55.6. The maximum atomic E-state index is 15.6. The molecule has 7 heterocycles. The average molecular weight is 1470 g/mol. The number of aliphatic hydroxyl groups is 23. The molecule has 2 bridgehead atoms. The number of ether oxygens (including phenoxy) is 13. The van der Waals surface area contributed by atoms with Crippen molar-refractivity contribution >= 4 is 17.7 Å². The second-order valence-corrected chi connectivity index (χ2v) is 30.6. The van der Waals surface area contributed by atoms with Crippen LogP contribution in [0.25, 0.3) is 0 Å². The molecular formula is C62H100O37S. The molecule has 0 radical (unpaired) electrons. The molecule has 41 atom stereocenters.